The number of hydrogen-bond donors (Lipinski definition) is 1. The van der Waals surface area contributed by atoms with Gasteiger partial charge in [-0.15, -0.1) is 0 Å². The van der Waals surface area contributed by atoms with E-state index in [4.69, 9.17) is 4.74 Å². The first kappa shape index (κ1) is 13.5. The summed E-state index contributed by atoms with van der Waals surface area (Å²) in [5, 5.41) is 6.92. The number of carbonyl (C=O) groups excluding carboxylic acids is 1. The normalized spacial score (nSPS) is 16.8. The Morgan fingerprint density at radius 1 is 1.56 bits per heavy atom. The van der Waals surface area contributed by atoms with Crippen LogP contribution in [0.5, 0.6) is 0 Å². The lowest BCUT2D eigenvalue weighted by Crippen LogP contribution is -2.41. The zero-order chi connectivity index (χ0) is 13.0. The van der Waals surface area contributed by atoms with Crippen LogP contribution in [0.3, 0.4) is 0 Å². The van der Waals surface area contributed by atoms with Crippen LogP contribution in [0.15, 0.2) is 10.7 Å². The van der Waals surface area contributed by atoms with Gasteiger partial charge in [0.2, 0.25) is 0 Å². The van der Waals surface area contributed by atoms with Crippen LogP contribution >= 0.6 is 15.9 Å². The predicted octanol–water partition coefficient (Wildman–Crippen LogP) is 0.245. The van der Waals surface area contributed by atoms with Gasteiger partial charge in [0.25, 0.3) is 5.91 Å². The molecule has 100 valence electrons. The number of hydrogen-bond acceptors (Lipinski definition) is 4. The highest BCUT2D eigenvalue weighted by molar-refractivity contribution is 9.10. The molecule has 0 atom stereocenters. The second-order valence-corrected chi connectivity index (χ2v) is 5.03. The molecule has 0 unspecified atom stereocenters. The molecule has 1 fully saturated rings. The monoisotopic (exact) mass is 316 g/mol. The molecule has 0 saturated carbocycles. The Labute approximate surface area is 114 Å². The van der Waals surface area contributed by atoms with E-state index in [1.807, 2.05) is 0 Å². The lowest BCUT2D eigenvalue weighted by atomic mass is 10.3. The van der Waals surface area contributed by atoms with Crippen molar-refractivity contribution in [3.63, 3.8) is 0 Å². The second-order valence-electron chi connectivity index (χ2n) is 4.17. The topological polar surface area (TPSA) is 59.4 Å². The molecule has 1 aliphatic rings. The van der Waals surface area contributed by atoms with Crippen LogP contribution in [-0.4, -0.2) is 60.0 Å². The minimum atomic E-state index is -0.102. The minimum Gasteiger partial charge on any atom is -0.379 e. The molecule has 6 nitrogen and oxygen atoms in total. The Bertz CT molecular complexity index is 396. The van der Waals surface area contributed by atoms with E-state index in [-0.39, 0.29) is 5.91 Å². The van der Waals surface area contributed by atoms with Crippen molar-refractivity contribution >= 4 is 21.8 Å². The lowest BCUT2D eigenvalue weighted by molar-refractivity contribution is 0.0383. The fourth-order valence-electron chi connectivity index (χ4n) is 1.90. The van der Waals surface area contributed by atoms with Gasteiger partial charge in [0, 0.05) is 33.2 Å². The number of ether oxygens (including phenoxy) is 1. The Balaban J connectivity index is 1.78. The van der Waals surface area contributed by atoms with Gasteiger partial charge < -0.3 is 10.1 Å². The van der Waals surface area contributed by atoms with Crippen LogP contribution in [-0.2, 0) is 11.8 Å². The summed E-state index contributed by atoms with van der Waals surface area (Å²) in [4.78, 5) is 14.2. The van der Waals surface area contributed by atoms with Gasteiger partial charge in [-0.25, -0.2) is 0 Å². The molecule has 1 aliphatic heterocycles. The van der Waals surface area contributed by atoms with E-state index in [0.29, 0.717) is 16.7 Å². The zero-order valence-corrected chi connectivity index (χ0v) is 11.9. The summed E-state index contributed by atoms with van der Waals surface area (Å²) >= 11 is 3.32. The van der Waals surface area contributed by atoms with Crippen molar-refractivity contribution in [3.8, 4) is 0 Å². The van der Waals surface area contributed by atoms with E-state index in [9.17, 15) is 4.79 Å². The van der Waals surface area contributed by atoms with Gasteiger partial charge in [-0.05, 0) is 15.9 Å². The summed E-state index contributed by atoms with van der Waals surface area (Å²) < 4.78 is 7.55. The van der Waals surface area contributed by atoms with Crippen LogP contribution in [0.2, 0.25) is 0 Å². The van der Waals surface area contributed by atoms with Crippen molar-refractivity contribution in [2.24, 2.45) is 7.05 Å². The van der Waals surface area contributed by atoms with E-state index in [1.54, 1.807) is 17.9 Å². The molecular formula is C11H17BrN4O2. The third-order valence-electron chi connectivity index (χ3n) is 2.93. The first-order valence-corrected chi connectivity index (χ1v) is 6.73. The summed E-state index contributed by atoms with van der Waals surface area (Å²) in [5.74, 6) is -0.102. The molecular weight excluding hydrogens is 300 g/mol. The van der Waals surface area contributed by atoms with Crippen LogP contribution in [0.25, 0.3) is 0 Å². The van der Waals surface area contributed by atoms with Crippen molar-refractivity contribution in [2.75, 3.05) is 39.4 Å². The highest BCUT2D eigenvalue weighted by Crippen LogP contribution is 2.14. The first-order chi connectivity index (χ1) is 8.68. The van der Waals surface area contributed by atoms with E-state index < -0.39 is 0 Å². The molecule has 7 heteroatoms. The van der Waals surface area contributed by atoms with Gasteiger partial charge >= 0.3 is 0 Å². The van der Waals surface area contributed by atoms with Gasteiger partial charge in [0.05, 0.1) is 23.9 Å². The molecule has 1 amide bonds. The number of morpholine rings is 1. The van der Waals surface area contributed by atoms with E-state index in [2.05, 4.69) is 31.2 Å². The summed E-state index contributed by atoms with van der Waals surface area (Å²) in [7, 11) is 1.75. The summed E-state index contributed by atoms with van der Waals surface area (Å²) in [6.45, 7) is 4.92. The van der Waals surface area contributed by atoms with Crippen LogP contribution < -0.4 is 5.32 Å². The van der Waals surface area contributed by atoms with Crippen molar-refractivity contribution in [1.82, 2.24) is 20.0 Å². The first-order valence-electron chi connectivity index (χ1n) is 5.94. The second kappa shape index (κ2) is 6.31. The van der Waals surface area contributed by atoms with Crippen molar-refractivity contribution in [1.29, 1.82) is 0 Å². The van der Waals surface area contributed by atoms with Gasteiger partial charge in [-0.2, -0.15) is 5.10 Å². The molecule has 2 heterocycles. The molecule has 0 bridgehead atoms. The van der Waals surface area contributed by atoms with Gasteiger partial charge in [0.15, 0.2) is 0 Å². The van der Waals surface area contributed by atoms with Crippen LogP contribution in [0.4, 0.5) is 0 Å². The van der Waals surface area contributed by atoms with Crippen LogP contribution in [0, 0.1) is 0 Å². The zero-order valence-electron chi connectivity index (χ0n) is 10.4. The Morgan fingerprint density at radius 3 is 2.89 bits per heavy atom. The predicted molar refractivity (Wildman–Crippen MR) is 70.5 cm³/mol. The van der Waals surface area contributed by atoms with Crippen LogP contribution in [0.1, 0.15) is 10.5 Å². The molecule has 0 aromatic carbocycles. The molecule has 2 rings (SSSR count). The molecule has 0 aliphatic carbocycles. The SMILES string of the molecule is Cn1ncc(Br)c1C(=O)NCCN1CCOCC1. The maximum absolute atomic E-state index is 11.9. The quantitative estimate of drug-likeness (QED) is 0.865. The largest absolute Gasteiger partial charge is 0.379 e. The highest BCUT2D eigenvalue weighted by Gasteiger charge is 2.15. The number of aromatic nitrogens is 2. The Hall–Kier alpha value is -0.920. The number of nitrogens with one attached hydrogen (secondary N) is 1. The van der Waals surface area contributed by atoms with Crippen molar-refractivity contribution in [2.45, 2.75) is 0 Å². The fourth-order valence-corrected chi connectivity index (χ4v) is 2.43. The maximum Gasteiger partial charge on any atom is 0.270 e. The summed E-state index contributed by atoms with van der Waals surface area (Å²) in [6, 6.07) is 0. The standard InChI is InChI=1S/C11H17BrN4O2/c1-15-10(9(12)8-14-15)11(17)13-2-3-16-4-6-18-7-5-16/h8H,2-7H2,1H3,(H,13,17). The number of nitrogens with zero attached hydrogens (tertiary/aromatic N) is 3. The number of amides is 1. The minimum absolute atomic E-state index is 0.102. The van der Waals surface area contributed by atoms with Gasteiger partial charge in [0.1, 0.15) is 5.69 Å². The fraction of sp³-hybridized carbons (Fsp3) is 0.636. The smallest absolute Gasteiger partial charge is 0.270 e. The molecule has 1 aromatic rings. The van der Waals surface area contributed by atoms with E-state index >= 15 is 0 Å². The molecule has 1 saturated heterocycles. The molecule has 0 radical (unpaired) electrons. The number of carbonyl (C=O) groups is 1. The summed E-state index contributed by atoms with van der Waals surface area (Å²) in [6.07, 6.45) is 1.62. The van der Waals surface area contributed by atoms with E-state index in [0.717, 1.165) is 32.8 Å². The third kappa shape index (κ3) is 3.30. The highest BCUT2D eigenvalue weighted by atomic mass is 79.9. The number of aryl methyl sites for hydroxylation is 1. The average Bonchev–Trinajstić information content (AvgIpc) is 2.70. The lowest BCUT2D eigenvalue weighted by Gasteiger charge is -2.26. The Morgan fingerprint density at radius 2 is 2.28 bits per heavy atom. The van der Waals surface area contributed by atoms with Gasteiger partial charge in [-0.1, -0.05) is 0 Å². The summed E-state index contributed by atoms with van der Waals surface area (Å²) in [5.41, 5.74) is 0.553. The average molecular weight is 317 g/mol. The molecule has 0 spiro atoms. The third-order valence-corrected chi connectivity index (χ3v) is 3.51. The number of rotatable bonds is 4. The molecule has 18 heavy (non-hydrogen) atoms. The van der Waals surface area contributed by atoms with Crippen molar-refractivity contribution < 1.29 is 9.53 Å². The van der Waals surface area contributed by atoms with E-state index in [1.165, 1.54) is 0 Å². The van der Waals surface area contributed by atoms with Crippen molar-refractivity contribution in [3.05, 3.63) is 16.4 Å². The Kier molecular flexibility index (Phi) is 4.73. The number of halogens is 1. The molecule has 1 aromatic heterocycles. The maximum atomic E-state index is 11.9. The molecule has 1 N–H and O–H groups in total. The van der Waals surface area contributed by atoms with Gasteiger partial charge in [-0.3, -0.25) is 14.4 Å².